The fourth-order valence-corrected chi connectivity index (χ4v) is 5.32. The molecule has 1 heterocycles. The van der Waals surface area contributed by atoms with Crippen molar-refractivity contribution in [3.05, 3.63) is 84.4 Å². The van der Waals surface area contributed by atoms with E-state index in [-0.39, 0.29) is 5.91 Å². The number of nitrogens with one attached hydrogen (secondary N) is 1. The first-order valence-electron chi connectivity index (χ1n) is 13.0. The second-order valence-corrected chi connectivity index (χ2v) is 9.95. The third-order valence-corrected chi connectivity index (χ3v) is 7.24. The smallest absolute Gasteiger partial charge is 0.251 e. The van der Waals surface area contributed by atoms with Crippen molar-refractivity contribution in [2.75, 3.05) is 26.5 Å². The molecule has 0 bridgehead atoms. The molecule has 1 amide bonds. The van der Waals surface area contributed by atoms with E-state index in [1.165, 1.54) is 11.3 Å². The van der Waals surface area contributed by atoms with Crippen molar-refractivity contribution < 1.29 is 14.3 Å². The number of ether oxygens (including phenoxy) is 2. The van der Waals surface area contributed by atoms with Gasteiger partial charge in [0.1, 0.15) is 11.5 Å². The number of carbonyl (C=O) groups is 1. The monoisotopic (exact) mass is 529 g/mol. The van der Waals surface area contributed by atoms with Gasteiger partial charge in [0.2, 0.25) is 0 Å². The molecule has 4 rings (SSSR count). The molecule has 0 saturated heterocycles. The lowest BCUT2D eigenvalue weighted by atomic mass is 10.0. The van der Waals surface area contributed by atoms with Crippen LogP contribution in [0.4, 0.5) is 0 Å². The maximum atomic E-state index is 12.6. The van der Waals surface area contributed by atoms with E-state index in [1.807, 2.05) is 12.1 Å². The molecule has 0 atom stereocenters. The Morgan fingerprint density at radius 3 is 2.13 bits per heavy atom. The van der Waals surface area contributed by atoms with Gasteiger partial charge in [-0.3, -0.25) is 4.79 Å². The van der Waals surface area contributed by atoms with E-state index < -0.39 is 0 Å². The summed E-state index contributed by atoms with van der Waals surface area (Å²) >= 11 is 1.78. The molecule has 0 aliphatic heterocycles. The molecular formula is C31H35N3O3S. The maximum Gasteiger partial charge on any atom is 0.251 e. The van der Waals surface area contributed by atoms with Gasteiger partial charge >= 0.3 is 0 Å². The van der Waals surface area contributed by atoms with Gasteiger partial charge in [0.25, 0.3) is 5.91 Å². The molecule has 0 saturated carbocycles. The number of rotatable bonds is 13. The van der Waals surface area contributed by atoms with E-state index in [0.717, 1.165) is 48.0 Å². The summed E-state index contributed by atoms with van der Waals surface area (Å²) in [5, 5.41) is 4.05. The number of imidazole rings is 1. The Kier molecular flexibility index (Phi) is 9.87. The van der Waals surface area contributed by atoms with Gasteiger partial charge in [0.15, 0.2) is 5.16 Å². The summed E-state index contributed by atoms with van der Waals surface area (Å²) < 4.78 is 12.9. The first-order chi connectivity index (χ1) is 18.6. The minimum atomic E-state index is -0.131. The van der Waals surface area contributed by atoms with Crippen LogP contribution in [0.1, 0.15) is 36.5 Å². The summed E-state index contributed by atoms with van der Waals surface area (Å²) in [5.41, 5.74) is 5.02. The number of carbonyl (C=O) groups excluding carboxylic acids is 1. The molecule has 38 heavy (non-hydrogen) atoms. The molecule has 6 nitrogen and oxygen atoms in total. The fourth-order valence-electron chi connectivity index (χ4n) is 4.29. The number of methoxy groups -OCH3 is 2. The zero-order valence-corrected chi connectivity index (χ0v) is 23.1. The molecule has 0 radical (unpaired) electrons. The SMILES string of the molecule is CCCn1c(SCCCCNC(=O)c2cc(OC)cc(OC)c2)nc(-c2ccccc2)c1-c1ccccc1. The van der Waals surface area contributed by atoms with Crippen LogP contribution in [0, 0.1) is 0 Å². The standard InChI is InChI=1S/C31H35N3O3S/c1-4-18-34-29(24-15-9-6-10-16-24)28(23-13-7-5-8-14-23)33-31(34)38-19-12-11-17-32-30(35)25-20-26(36-2)22-27(21-25)37-3/h5-10,13-16,20-22H,4,11-12,17-19H2,1-3H3,(H,32,35). The minimum absolute atomic E-state index is 0.131. The van der Waals surface area contributed by atoms with Gasteiger partial charge in [0.05, 0.1) is 25.6 Å². The average Bonchev–Trinajstić information content (AvgIpc) is 3.33. The van der Waals surface area contributed by atoms with Crippen LogP contribution in [0.15, 0.2) is 84.0 Å². The fraction of sp³-hybridized carbons (Fsp3) is 0.290. The van der Waals surface area contributed by atoms with Crippen LogP contribution in [-0.4, -0.2) is 42.0 Å². The van der Waals surface area contributed by atoms with Crippen LogP contribution < -0.4 is 14.8 Å². The van der Waals surface area contributed by atoms with Gasteiger partial charge in [-0.2, -0.15) is 0 Å². The highest BCUT2D eigenvalue weighted by Gasteiger charge is 2.20. The van der Waals surface area contributed by atoms with Gasteiger partial charge in [-0.1, -0.05) is 79.3 Å². The van der Waals surface area contributed by atoms with E-state index >= 15 is 0 Å². The highest BCUT2D eigenvalue weighted by molar-refractivity contribution is 7.99. The van der Waals surface area contributed by atoms with Crippen molar-refractivity contribution in [3.8, 4) is 34.0 Å². The topological polar surface area (TPSA) is 65.4 Å². The molecule has 4 aromatic rings. The molecule has 0 fully saturated rings. The zero-order chi connectivity index (χ0) is 26.7. The number of aromatic nitrogens is 2. The van der Waals surface area contributed by atoms with Crippen LogP contribution in [0.25, 0.3) is 22.5 Å². The van der Waals surface area contributed by atoms with Crippen molar-refractivity contribution in [1.82, 2.24) is 14.9 Å². The third-order valence-electron chi connectivity index (χ3n) is 6.18. The van der Waals surface area contributed by atoms with E-state index in [4.69, 9.17) is 14.5 Å². The van der Waals surface area contributed by atoms with Crippen LogP contribution in [-0.2, 0) is 6.54 Å². The van der Waals surface area contributed by atoms with E-state index in [1.54, 1.807) is 44.2 Å². The van der Waals surface area contributed by atoms with Gasteiger partial charge in [0, 0.05) is 41.6 Å². The minimum Gasteiger partial charge on any atom is -0.497 e. The number of unbranched alkanes of at least 4 members (excludes halogenated alkanes) is 1. The van der Waals surface area contributed by atoms with Crippen molar-refractivity contribution in [3.63, 3.8) is 0 Å². The summed E-state index contributed by atoms with van der Waals surface area (Å²) in [6, 6.07) is 26.1. The largest absolute Gasteiger partial charge is 0.497 e. The molecule has 7 heteroatoms. The molecule has 0 unspecified atom stereocenters. The van der Waals surface area contributed by atoms with Crippen molar-refractivity contribution >= 4 is 17.7 Å². The molecular weight excluding hydrogens is 494 g/mol. The van der Waals surface area contributed by atoms with Crippen LogP contribution in [0.5, 0.6) is 11.5 Å². The lowest BCUT2D eigenvalue weighted by Crippen LogP contribution is -2.24. The molecule has 1 N–H and O–H groups in total. The Bertz CT molecular complexity index is 1300. The van der Waals surface area contributed by atoms with Gasteiger partial charge in [-0.15, -0.1) is 0 Å². The summed E-state index contributed by atoms with van der Waals surface area (Å²) in [4.78, 5) is 17.7. The number of nitrogens with zero attached hydrogens (tertiary/aromatic N) is 2. The predicted molar refractivity (Wildman–Crippen MR) is 155 cm³/mol. The highest BCUT2D eigenvalue weighted by atomic mass is 32.2. The van der Waals surface area contributed by atoms with Crippen molar-refractivity contribution in [1.29, 1.82) is 0 Å². The first-order valence-corrected chi connectivity index (χ1v) is 14.0. The second kappa shape index (κ2) is 13.7. The summed E-state index contributed by atoms with van der Waals surface area (Å²) in [6.45, 7) is 3.71. The van der Waals surface area contributed by atoms with Crippen LogP contribution >= 0.6 is 11.8 Å². The van der Waals surface area contributed by atoms with E-state index in [2.05, 4.69) is 65.3 Å². The number of hydrogen-bond donors (Lipinski definition) is 1. The Labute approximate surface area is 229 Å². The Morgan fingerprint density at radius 2 is 1.53 bits per heavy atom. The lowest BCUT2D eigenvalue weighted by Gasteiger charge is -2.12. The van der Waals surface area contributed by atoms with Gasteiger partial charge in [-0.05, 0) is 31.4 Å². The zero-order valence-electron chi connectivity index (χ0n) is 22.3. The Hall–Kier alpha value is -3.71. The van der Waals surface area contributed by atoms with Crippen molar-refractivity contribution in [2.24, 2.45) is 0 Å². The van der Waals surface area contributed by atoms with Crippen LogP contribution in [0.2, 0.25) is 0 Å². The lowest BCUT2D eigenvalue weighted by molar-refractivity contribution is 0.0952. The van der Waals surface area contributed by atoms with E-state index in [9.17, 15) is 4.79 Å². The molecule has 0 aliphatic carbocycles. The number of amides is 1. The summed E-state index contributed by atoms with van der Waals surface area (Å²) in [5.74, 6) is 1.98. The summed E-state index contributed by atoms with van der Waals surface area (Å²) in [7, 11) is 3.15. The Balaban J connectivity index is 1.40. The summed E-state index contributed by atoms with van der Waals surface area (Å²) in [6.07, 6.45) is 2.87. The molecule has 198 valence electrons. The molecule has 3 aromatic carbocycles. The van der Waals surface area contributed by atoms with Gasteiger partial charge in [-0.25, -0.2) is 4.98 Å². The quantitative estimate of drug-likeness (QED) is 0.150. The molecule has 1 aromatic heterocycles. The van der Waals surface area contributed by atoms with Crippen molar-refractivity contribution in [2.45, 2.75) is 37.9 Å². The van der Waals surface area contributed by atoms with E-state index in [0.29, 0.717) is 23.6 Å². The second-order valence-electron chi connectivity index (χ2n) is 8.89. The number of benzene rings is 3. The Morgan fingerprint density at radius 1 is 0.895 bits per heavy atom. The predicted octanol–water partition coefficient (Wildman–Crippen LogP) is 6.95. The van der Waals surface area contributed by atoms with Crippen LogP contribution in [0.3, 0.4) is 0 Å². The molecule has 0 aliphatic rings. The maximum absolute atomic E-state index is 12.6. The normalized spacial score (nSPS) is 10.8. The number of hydrogen-bond acceptors (Lipinski definition) is 5. The third kappa shape index (κ3) is 6.78. The first kappa shape index (κ1) is 27.3. The number of thioether (sulfide) groups is 1. The highest BCUT2D eigenvalue weighted by Crippen LogP contribution is 2.36. The molecule has 0 spiro atoms. The average molecular weight is 530 g/mol. The van der Waals surface area contributed by atoms with Gasteiger partial charge < -0.3 is 19.4 Å².